The van der Waals surface area contributed by atoms with E-state index < -0.39 is 5.82 Å². The highest BCUT2D eigenvalue weighted by Gasteiger charge is 2.22. The highest BCUT2D eigenvalue weighted by Crippen LogP contribution is 2.34. The van der Waals surface area contributed by atoms with Crippen LogP contribution in [-0.2, 0) is 4.74 Å². The lowest BCUT2D eigenvalue weighted by Gasteiger charge is -2.25. The molecule has 0 bridgehead atoms. The van der Waals surface area contributed by atoms with Gasteiger partial charge in [0.1, 0.15) is 18.8 Å². The molecule has 4 aromatic rings. The zero-order valence-electron chi connectivity index (χ0n) is 19.1. The fourth-order valence-corrected chi connectivity index (χ4v) is 4.05. The van der Waals surface area contributed by atoms with Crippen LogP contribution in [-0.4, -0.2) is 60.3 Å². The number of carbonyl (C=O) groups is 1. The zero-order chi connectivity index (χ0) is 24.5. The van der Waals surface area contributed by atoms with Gasteiger partial charge in [-0.05, 0) is 36.4 Å². The molecule has 2 aromatic carbocycles. The van der Waals surface area contributed by atoms with Gasteiger partial charge in [-0.1, -0.05) is 0 Å². The highest BCUT2D eigenvalue weighted by atomic mass is 19.1. The summed E-state index contributed by atoms with van der Waals surface area (Å²) in [5, 5.41) is 6.78. The molecule has 1 fully saturated rings. The van der Waals surface area contributed by atoms with Crippen molar-refractivity contribution in [1.29, 1.82) is 0 Å². The third kappa shape index (κ3) is 4.48. The number of hydrogen-bond acceptors (Lipinski definition) is 9. The average molecular weight is 491 g/mol. The molecule has 0 spiro atoms. The van der Waals surface area contributed by atoms with Crippen molar-refractivity contribution in [1.82, 2.24) is 14.9 Å². The summed E-state index contributed by atoms with van der Waals surface area (Å²) in [5.74, 6) is 0.928. The van der Waals surface area contributed by atoms with Crippen LogP contribution < -0.4 is 20.1 Å². The Morgan fingerprint density at radius 1 is 0.917 bits per heavy atom. The van der Waals surface area contributed by atoms with E-state index in [9.17, 15) is 9.18 Å². The summed E-state index contributed by atoms with van der Waals surface area (Å²) in [7, 11) is 0. The summed E-state index contributed by atoms with van der Waals surface area (Å²) >= 11 is 0. The minimum atomic E-state index is -0.605. The Balaban J connectivity index is 1.19. The summed E-state index contributed by atoms with van der Waals surface area (Å²) < 4.78 is 36.6. The van der Waals surface area contributed by atoms with Gasteiger partial charge in [0.2, 0.25) is 5.95 Å². The largest absolute Gasteiger partial charge is 0.486 e. The van der Waals surface area contributed by atoms with Crippen molar-refractivity contribution in [3.63, 3.8) is 0 Å². The van der Waals surface area contributed by atoms with Gasteiger partial charge in [-0.25, -0.2) is 9.37 Å². The van der Waals surface area contributed by atoms with Crippen LogP contribution in [0.2, 0.25) is 0 Å². The van der Waals surface area contributed by atoms with E-state index in [0.717, 1.165) is 11.6 Å². The molecule has 0 saturated carbocycles. The van der Waals surface area contributed by atoms with Crippen LogP contribution in [0, 0.1) is 5.82 Å². The maximum atomic E-state index is 14.4. The fourth-order valence-electron chi connectivity index (χ4n) is 4.05. The number of anilines is 4. The van der Waals surface area contributed by atoms with Gasteiger partial charge in [0.15, 0.2) is 28.9 Å². The molecule has 184 valence electrons. The molecule has 2 aromatic heterocycles. The standard InChI is InChI=1S/C25H22FN5O5/c26-18-14-27-25(30-23(18)28-17-2-4-20-21(13-17)35-10-9-34-20)29-16-1-3-19-15(11-16)12-22(36-19)24(32)31-5-7-33-8-6-31/h1-4,11-14H,5-10H2,(H2,27,28,29,30). The van der Waals surface area contributed by atoms with Gasteiger partial charge in [0.05, 0.1) is 19.4 Å². The molecule has 2 N–H and O–H groups in total. The Morgan fingerprint density at radius 3 is 2.56 bits per heavy atom. The van der Waals surface area contributed by atoms with E-state index in [4.69, 9.17) is 18.6 Å². The predicted molar refractivity (Wildman–Crippen MR) is 129 cm³/mol. The van der Waals surface area contributed by atoms with E-state index in [1.165, 1.54) is 0 Å². The molecular formula is C25H22FN5O5. The molecule has 2 aliphatic rings. The van der Waals surface area contributed by atoms with Crippen molar-refractivity contribution in [2.75, 3.05) is 50.2 Å². The first-order valence-corrected chi connectivity index (χ1v) is 11.5. The second kappa shape index (κ2) is 9.34. The van der Waals surface area contributed by atoms with Gasteiger partial charge in [0.25, 0.3) is 5.91 Å². The number of benzene rings is 2. The Kier molecular flexibility index (Phi) is 5.74. The van der Waals surface area contributed by atoms with Crippen molar-refractivity contribution in [2.24, 2.45) is 0 Å². The summed E-state index contributed by atoms with van der Waals surface area (Å²) in [5.41, 5.74) is 1.84. The highest BCUT2D eigenvalue weighted by molar-refractivity contribution is 5.96. The average Bonchev–Trinajstić information content (AvgIpc) is 3.34. The van der Waals surface area contributed by atoms with E-state index in [1.807, 2.05) is 6.07 Å². The first kappa shape index (κ1) is 22.1. The molecule has 4 heterocycles. The number of morpholine rings is 1. The minimum absolute atomic E-state index is 0.00645. The number of ether oxygens (including phenoxy) is 3. The quantitative estimate of drug-likeness (QED) is 0.426. The predicted octanol–water partition coefficient (Wildman–Crippen LogP) is 4.09. The normalized spacial score (nSPS) is 15.1. The fraction of sp³-hybridized carbons (Fsp3) is 0.240. The van der Waals surface area contributed by atoms with Gasteiger partial charge in [-0.2, -0.15) is 4.98 Å². The maximum absolute atomic E-state index is 14.4. The number of amides is 1. The van der Waals surface area contributed by atoms with Crippen LogP contribution in [0.25, 0.3) is 11.0 Å². The topological polar surface area (TPSA) is 111 Å². The number of fused-ring (bicyclic) bond motifs is 2. The monoisotopic (exact) mass is 491 g/mol. The summed E-state index contributed by atoms with van der Waals surface area (Å²) in [4.78, 5) is 22.8. The molecule has 10 nitrogen and oxygen atoms in total. The van der Waals surface area contributed by atoms with Gasteiger partial charge in [-0.15, -0.1) is 0 Å². The van der Waals surface area contributed by atoms with Crippen LogP contribution >= 0.6 is 0 Å². The Bertz CT molecular complexity index is 1440. The second-order valence-corrected chi connectivity index (χ2v) is 8.27. The molecule has 0 atom stereocenters. The van der Waals surface area contributed by atoms with Gasteiger partial charge < -0.3 is 34.2 Å². The van der Waals surface area contributed by atoms with E-state index in [-0.39, 0.29) is 23.4 Å². The smallest absolute Gasteiger partial charge is 0.289 e. The molecule has 6 rings (SSSR count). The van der Waals surface area contributed by atoms with Gasteiger partial charge >= 0.3 is 0 Å². The van der Waals surface area contributed by atoms with Crippen LogP contribution in [0.5, 0.6) is 11.5 Å². The van der Waals surface area contributed by atoms with Crippen LogP contribution in [0.3, 0.4) is 0 Å². The first-order valence-electron chi connectivity index (χ1n) is 11.5. The SMILES string of the molecule is O=C(c1cc2cc(Nc3ncc(F)c(Nc4ccc5c(c4)OCCO5)n3)ccc2o1)N1CCOCC1. The second-order valence-electron chi connectivity index (χ2n) is 8.27. The van der Waals surface area contributed by atoms with Crippen LogP contribution in [0.4, 0.5) is 27.5 Å². The number of nitrogens with zero attached hydrogens (tertiary/aromatic N) is 3. The molecular weight excluding hydrogens is 469 g/mol. The van der Waals surface area contributed by atoms with Crippen molar-refractivity contribution >= 4 is 40.0 Å². The number of rotatable bonds is 5. The summed E-state index contributed by atoms with van der Waals surface area (Å²) in [6.07, 6.45) is 1.09. The Labute approximate surface area is 205 Å². The van der Waals surface area contributed by atoms with E-state index >= 15 is 0 Å². The van der Waals surface area contributed by atoms with E-state index in [2.05, 4.69) is 20.6 Å². The third-order valence-corrected chi connectivity index (χ3v) is 5.83. The number of furan rings is 1. The molecule has 11 heteroatoms. The summed E-state index contributed by atoms with van der Waals surface area (Å²) in [6, 6.07) is 12.3. The van der Waals surface area contributed by atoms with Crippen LogP contribution in [0.15, 0.2) is 53.1 Å². The summed E-state index contributed by atoms with van der Waals surface area (Å²) in [6.45, 7) is 3.05. The van der Waals surface area contributed by atoms with Gasteiger partial charge in [0, 0.05) is 35.9 Å². The Hall–Kier alpha value is -4.38. The lowest BCUT2D eigenvalue weighted by Crippen LogP contribution is -2.40. The molecule has 0 unspecified atom stereocenters. The number of hydrogen-bond donors (Lipinski definition) is 2. The van der Waals surface area contributed by atoms with E-state index in [0.29, 0.717) is 68.0 Å². The number of halogens is 1. The molecule has 1 amide bonds. The van der Waals surface area contributed by atoms with Gasteiger partial charge in [-0.3, -0.25) is 4.79 Å². The molecule has 0 radical (unpaired) electrons. The number of nitrogens with one attached hydrogen (secondary N) is 2. The molecule has 36 heavy (non-hydrogen) atoms. The van der Waals surface area contributed by atoms with Crippen molar-refractivity contribution in [3.05, 3.63) is 60.2 Å². The zero-order valence-corrected chi connectivity index (χ0v) is 19.1. The van der Waals surface area contributed by atoms with Crippen molar-refractivity contribution < 1.29 is 27.8 Å². The maximum Gasteiger partial charge on any atom is 0.289 e. The lowest BCUT2D eigenvalue weighted by atomic mass is 10.2. The molecule has 1 saturated heterocycles. The third-order valence-electron chi connectivity index (χ3n) is 5.83. The first-order chi connectivity index (χ1) is 17.6. The van der Waals surface area contributed by atoms with E-state index in [1.54, 1.807) is 41.3 Å². The van der Waals surface area contributed by atoms with Crippen molar-refractivity contribution in [3.8, 4) is 11.5 Å². The minimum Gasteiger partial charge on any atom is -0.486 e. The lowest BCUT2D eigenvalue weighted by molar-refractivity contribution is 0.0284. The van der Waals surface area contributed by atoms with Crippen molar-refractivity contribution in [2.45, 2.75) is 0 Å². The number of carbonyl (C=O) groups excluding carboxylic acids is 1. The molecule has 0 aliphatic carbocycles. The van der Waals surface area contributed by atoms with Crippen LogP contribution in [0.1, 0.15) is 10.6 Å². The molecule has 2 aliphatic heterocycles. The number of aromatic nitrogens is 2. The Morgan fingerprint density at radius 2 is 1.69 bits per heavy atom.